The van der Waals surface area contributed by atoms with Crippen LogP contribution < -0.4 is 0 Å². The maximum absolute atomic E-state index is 4.37. The van der Waals surface area contributed by atoms with Crippen LogP contribution in [0.25, 0.3) is 10.9 Å². The lowest BCUT2D eigenvalue weighted by Gasteiger charge is -2.17. The summed E-state index contributed by atoms with van der Waals surface area (Å²) < 4.78 is 2.45. The Balaban J connectivity index is 2.39. The Morgan fingerprint density at radius 1 is 1.33 bits per heavy atom. The second kappa shape index (κ2) is 3.31. The normalized spacial score (nSPS) is 14.8. The van der Waals surface area contributed by atoms with Gasteiger partial charge in [0, 0.05) is 23.4 Å². The number of thiol groups is 1. The van der Waals surface area contributed by atoms with E-state index in [1.807, 2.05) is 0 Å². The molecule has 2 heterocycles. The highest BCUT2D eigenvalue weighted by Crippen LogP contribution is 2.30. The van der Waals surface area contributed by atoms with E-state index in [2.05, 4.69) is 42.3 Å². The maximum atomic E-state index is 4.37. The first-order chi connectivity index (χ1) is 7.29. The van der Waals surface area contributed by atoms with E-state index in [-0.39, 0.29) is 0 Å². The van der Waals surface area contributed by atoms with Crippen molar-refractivity contribution in [3.63, 3.8) is 0 Å². The predicted octanol–water partition coefficient (Wildman–Crippen LogP) is 3.33. The fourth-order valence-electron chi connectivity index (χ4n) is 2.70. The van der Waals surface area contributed by atoms with Crippen molar-refractivity contribution in [3.05, 3.63) is 35.0 Å². The molecule has 0 saturated heterocycles. The van der Waals surface area contributed by atoms with E-state index in [0.29, 0.717) is 0 Å². The van der Waals surface area contributed by atoms with Crippen LogP contribution in [-0.4, -0.2) is 4.57 Å². The molecule has 0 amide bonds. The summed E-state index contributed by atoms with van der Waals surface area (Å²) in [6, 6.07) is 6.90. The molecule has 2 heteroatoms. The Morgan fingerprint density at radius 3 is 3.00 bits per heavy atom. The van der Waals surface area contributed by atoms with Gasteiger partial charge in [-0.1, -0.05) is 6.07 Å². The van der Waals surface area contributed by atoms with Gasteiger partial charge in [-0.2, -0.15) is 12.6 Å². The van der Waals surface area contributed by atoms with Crippen molar-refractivity contribution < 1.29 is 0 Å². The van der Waals surface area contributed by atoms with Gasteiger partial charge >= 0.3 is 0 Å². The summed E-state index contributed by atoms with van der Waals surface area (Å²) in [5.74, 6) is 0.840. The van der Waals surface area contributed by atoms with Crippen LogP contribution in [-0.2, 0) is 18.7 Å². The van der Waals surface area contributed by atoms with Gasteiger partial charge in [-0.25, -0.2) is 0 Å². The first-order valence-corrected chi connectivity index (χ1v) is 6.15. The molecule has 0 aliphatic carbocycles. The minimum Gasteiger partial charge on any atom is -0.345 e. The van der Waals surface area contributed by atoms with E-state index in [1.165, 1.54) is 47.1 Å². The Hall–Kier alpha value is -0.890. The van der Waals surface area contributed by atoms with Crippen LogP contribution in [0.4, 0.5) is 0 Å². The average Bonchev–Trinajstić information content (AvgIpc) is 2.58. The predicted molar refractivity (Wildman–Crippen MR) is 67.7 cm³/mol. The van der Waals surface area contributed by atoms with E-state index in [9.17, 15) is 0 Å². The van der Waals surface area contributed by atoms with Crippen molar-refractivity contribution in [1.29, 1.82) is 0 Å². The lowest BCUT2D eigenvalue weighted by molar-refractivity contribution is 0.623. The molecule has 0 N–H and O–H groups in total. The van der Waals surface area contributed by atoms with Crippen LogP contribution in [0.2, 0.25) is 0 Å². The second-order valence-electron chi connectivity index (χ2n) is 4.39. The average molecular weight is 217 g/mol. The fraction of sp³-hybridized carbons (Fsp3) is 0.385. The third kappa shape index (κ3) is 1.31. The number of hydrogen-bond acceptors (Lipinski definition) is 1. The van der Waals surface area contributed by atoms with Gasteiger partial charge in [-0.15, -0.1) is 0 Å². The monoisotopic (exact) mass is 217 g/mol. The molecule has 0 atom stereocenters. The van der Waals surface area contributed by atoms with Crippen LogP contribution in [0.1, 0.15) is 23.2 Å². The quantitative estimate of drug-likeness (QED) is 0.699. The molecule has 2 aromatic rings. The van der Waals surface area contributed by atoms with Crippen molar-refractivity contribution >= 4 is 23.5 Å². The Bertz CT molecular complexity index is 525. The zero-order chi connectivity index (χ0) is 10.4. The second-order valence-corrected chi connectivity index (χ2v) is 4.71. The van der Waals surface area contributed by atoms with Crippen LogP contribution in [0.3, 0.4) is 0 Å². The molecule has 3 rings (SSSR count). The highest BCUT2D eigenvalue weighted by atomic mass is 32.1. The summed E-state index contributed by atoms with van der Waals surface area (Å²) in [4.78, 5) is 0. The third-order valence-corrected chi connectivity index (χ3v) is 3.71. The number of aryl methyl sites for hydroxylation is 3. The molecule has 0 unspecified atom stereocenters. The SMILES string of the molecule is Cc1cc2cc(CS)cc3c2n1CCC3. The Labute approximate surface area is 95.5 Å². The van der Waals surface area contributed by atoms with E-state index in [1.54, 1.807) is 0 Å². The van der Waals surface area contributed by atoms with Crippen LogP contribution >= 0.6 is 12.6 Å². The molecular formula is C13H15NS. The van der Waals surface area contributed by atoms with Gasteiger partial charge in [0.25, 0.3) is 0 Å². The molecule has 1 aromatic carbocycles. The van der Waals surface area contributed by atoms with Crippen LogP contribution in [0, 0.1) is 6.92 Å². The molecule has 0 fully saturated rings. The Morgan fingerprint density at radius 2 is 2.20 bits per heavy atom. The molecule has 15 heavy (non-hydrogen) atoms. The number of hydrogen-bond donors (Lipinski definition) is 1. The summed E-state index contributed by atoms with van der Waals surface area (Å²) in [6.45, 7) is 3.39. The summed E-state index contributed by atoms with van der Waals surface area (Å²) in [7, 11) is 0. The van der Waals surface area contributed by atoms with Gasteiger partial charge in [0.15, 0.2) is 0 Å². The molecule has 0 bridgehead atoms. The van der Waals surface area contributed by atoms with Crippen molar-refractivity contribution in [2.45, 2.75) is 32.1 Å². The molecule has 78 valence electrons. The van der Waals surface area contributed by atoms with Crippen molar-refractivity contribution in [3.8, 4) is 0 Å². The lowest BCUT2D eigenvalue weighted by Crippen LogP contribution is -2.08. The summed E-state index contributed by atoms with van der Waals surface area (Å²) in [5, 5.41) is 1.40. The minimum absolute atomic E-state index is 0.840. The molecule has 0 spiro atoms. The summed E-state index contributed by atoms with van der Waals surface area (Å²) in [6.07, 6.45) is 2.50. The van der Waals surface area contributed by atoms with Crippen molar-refractivity contribution in [2.75, 3.05) is 0 Å². The minimum atomic E-state index is 0.840. The maximum Gasteiger partial charge on any atom is 0.0515 e. The molecule has 1 aliphatic heterocycles. The van der Waals surface area contributed by atoms with Crippen molar-refractivity contribution in [1.82, 2.24) is 4.57 Å². The number of rotatable bonds is 1. The number of benzene rings is 1. The molecular weight excluding hydrogens is 202 g/mol. The van der Waals surface area contributed by atoms with Gasteiger partial charge in [-0.05, 0) is 43.0 Å². The first kappa shape index (κ1) is 9.34. The van der Waals surface area contributed by atoms with Gasteiger partial charge in [0.1, 0.15) is 0 Å². The zero-order valence-corrected chi connectivity index (χ0v) is 9.85. The molecule has 1 aliphatic rings. The molecule has 1 aromatic heterocycles. The van der Waals surface area contributed by atoms with Crippen LogP contribution in [0.5, 0.6) is 0 Å². The van der Waals surface area contributed by atoms with E-state index in [4.69, 9.17) is 0 Å². The van der Waals surface area contributed by atoms with E-state index >= 15 is 0 Å². The summed E-state index contributed by atoms with van der Waals surface area (Å²) >= 11 is 4.37. The number of nitrogens with zero attached hydrogens (tertiary/aromatic N) is 1. The van der Waals surface area contributed by atoms with Gasteiger partial charge < -0.3 is 4.57 Å². The third-order valence-electron chi connectivity index (χ3n) is 3.35. The largest absolute Gasteiger partial charge is 0.345 e. The standard InChI is InChI=1S/C13H15NS/c1-9-5-12-7-10(8-15)6-11-3-2-4-14(9)13(11)12/h5-7,15H,2-4,8H2,1H3. The first-order valence-electron chi connectivity index (χ1n) is 5.52. The smallest absolute Gasteiger partial charge is 0.0515 e. The lowest BCUT2D eigenvalue weighted by atomic mass is 10.0. The fourth-order valence-corrected chi connectivity index (χ4v) is 2.89. The molecule has 0 radical (unpaired) electrons. The molecule has 1 nitrogen and oxygen atoms in total. The van der Waals surface area contributed by atoms with Crippen LogP contribution in [0.15, 0.2) is 18.2 Å². The highest BCUT2D eigenvalue weighted by molar-refractivity contribution is 7.79. The molecule has 0 saturated carbocycles. The van der Waals surface area contributed by atoms with Gasteiger partial charge in [0.2, 0.25) is 0 Å². The summed E-state index contributed by atoms with van der Waals surface area (Å²) in [5.41, 5.74) is 5.71. The zero-order valence-electron chi connectivity index (χ0n) is 8.95. The van der Waals surface area contributed by atoms with Gasteiger partial charge in [-0.3, -0.25) is 0 Å². The van der Waals surface area contributed by atoms with Gasteiger partial charge in [0.05, 0.1) is 5.52 Å². The number of aromatic nitrogens is 1. The van der Waals surface area contributed by atoms with Crippen molar-refractivity contribution in [2.24, 2.45) is 0 Å². The topological polar surface area (TPSA) is 4.93 Å². The Kier molecular flexibility index (Phi) is 2.06. The van der Waals surface area contributed by atoms with E-state index in [0.717, 1.165) is 5.75 Å². The highest BCUT2D eigenvalue weighted by Gasteiger charge is 2.15. The van der Waals surface area contributed by atoms with E-state index < -0.39 is 0 Å².